The molecule has 0 aromatic heterocycles. The van der Waals surface area contributed by atoms with Gasteiger partial charge in [-0.05, 0) is 0 Å². The fourth-order valence-corrected chi connectivity index (χ4v) is 0.144. The molecule has 0 aromatic rings. The van der Waals surface area contributed by atoms with E-state index in [0.29, 0.717) is 0 Å². The van der Waals surface area contributed by atoms with E-state index in [-0.39, 0.29) is 29.4 Å². The summed E-state index contributed by atoms with van der Waals surface area (Å²) in [5.74, 6) is 0. The molecule has 0 aliphatic heterocycles. The van der Waals surface area contributed by atoms with E-state index in [1.54, 1.807) is 0 Å². The first-order chi connectivity index (χ1) is 2.41. The Bertz CT molecular complexity index is 17.2. The molecule has 0 unspecified atom stereocenters. The zero-order valence-corrected chi connectivity index (χ0v) is 5.67. The number of hydrogen-bond acceptors (Lipinski definition) is 1. The first-order valence-electron chi connectivity index (χ1n) is 2.00. The minimum Gasteiger partial charge on any atom is -2.00 e. The van der Waals surface area contributed by atoms with E-state index in [9.17, 15) is 5.11 Å². The van der Waals surface area contributed by atoms with Gasteiger partial charge >= 0.3 is 17.4 Å². The van der Waals surface area contributed by atoms with Crippen molar-refractivity contribution in [3.05, 3.63) is 0 Å². The monoisotopic (exact) mass is 116 g/mol. The van der Waals surface area contributed by atoms with Gasteiger partial charge in [-0.3, -0.25) is 0 Å². The Kier molecular flexibility index (Phi) is 36.0. The number of rotatable bonds is 2. The number of unbranched alkanes of at least 4 members (excludes halogenated alkanes) is 1. The van der Waals surface area contributed by atoms with E-state index in [2.05, 4.69) is 0 Å². The molecule has 0 aromatic carbocycles. The summed E-state index contributed by atoms with van der Waals surface area (Å²) in [7, 11) is 0. The molecule has 40 valence electrons. The maximum absolute atomic E-state index is 9.53. The molecule has 0 bridgehead atoms. The van der Waals surface area contributed by atoms with Gasteiger partial charge in [0.15, 0.2) is 0 Å². The van der Waals surface area contributed by atoms with Gasteiger partial charge in [0, 0.05) is 0 Å². The molecule has 0 saturated carbocycles. The van der Waals surface area contributed by atoms with Crippen LogP contribution in [0.2, 0.25) is 0 Å². The summed E-state index contributed by atoms with van der Waals surface area (Å²) in [5, 5.41) is 9.53. The van der Waals surface area contributed by atoms with Gasteiger partial charge in [-0.2, -0.15) is 0 Å². The maximum atomic E-state index is 9.53. The summed E-state index contributed by atoms with van der Waals surface area (Å²) < 4.78 is 0. The normalized spacial score (nSPS) is 6.00. The predicted molar refractivity (Wildman–Crippen MR) is 26.2 cm³/mol. The van der Waals surface area contributed by atoms with Gasteiger partial charge in [0.2, 0.25) is 0 Å². The van der Waals surface area contributed by atoms with Crippen LogP contribution >= 0.6 is 0 Å². The van der Waals surface area contributed by atoms with Crippen molar-refractivity contribution >= 4 is 17.4 Å². The third-order valence-corrected chi connectivity index (χ3v) is 0.498. The molecule has 0 radical (unpaired) electrons. The molecule has 0 saturated heterocycles. The van der Waals surface area contributed by atoms with Crippen LogP contribution in [0.4, 0.5) is 0 Å². The van der Waals surface area contributed by atoms with Gasteiger partial charge in [-0.25, -0.2) is 0 Å². The zero-order valence-electron chi connectivity index (χ0n) is 4.52. The minimum absolute atomic E-state index is 0. The van der Waals surface area contributed by atoms with E-state index in [0.717, 1.165) is 12.8 Å². The molecule has 0 heterocycles. The summed E-state index contributed by atoms with van der Waals surface area (Å²) in [4.78, 5) is 0. The SMILES string of the molecule is CCCC[O-].[Al+3].[O-2]. The van der Waals surface area contributed by atoms with E-state index in [4.69, 9.17) is 0 Å². The Morgan fingerprint density at radius 3 is 1.86 bits per heavy atom. The molecule has 0 fully saturated rings. The van der Waals surface area contributed by atoms with E-state index >= 15 is 0 Å². The standard InChI is InChI=1S/C4H9O.Al.O/c1-2-3-4-5;;/h2-4H2,1H3;;/q-1;+3;-2. The minimum atomic E-state index is 0. The van der Waals surface area contributed by atoms with Crippen molar-refractivity contribution in [1.29, 1.82) is 0 Å². The molecule has 0 aliphatic rings. The molecule has 0 aliphatic carbocycles. The molecule has 0 spiro atoms. The summed E-state index contributed by atoms with van der Waals surface area (Å²) in [5.41, 5.74) is 0. The third-order valence-electron chi connectivity index (χ3n) is 0.498. The van der Waals surface area contributed by atoms with E-state index in [1.807, 2.05) is 6.92 Å². The fraction of sp³-hybridized carbons (Fsp3) is 1.00. The van der Waals surface area contributed by atoms with Crippen LogP contribution in [0.1, 0.15) is 19.8 Å². The van der Waals surface area contributed by atoms with Crippen molar-refractivity contribution < 1.29 is 10.6 Å². The second kappa shape index (κ2) is 16.1. The van der Waals surface area contributed by atoms with Gasteiger partial charge in [-0.1, -0.05) is 19.8 Å². The van der Waals surface area contributed by atoms with E-state index in [1.165, 1.54) is 0 Å². The second-order valence-electron chi connectivity index (χ2n) is 1.06. The average molecular weight is 116 g/mol. The van der Waals surface area contributed by atoms with Crippen LogP contribution in [0, 0.1) is 0 Å². The van der Waals surface area contributed by atoms with Crippen molar-refractivity contribution in [1.82, 2.24) is 0 Å². The molecule has 2 nitrogen and oxygen atoms in total. The molecule has 3 heteroatoms. The quantitative estimate of drug-likeness (QED) is 0.455. The largest absolute Gasteiger partial charge is 3.00 e. The molecule has 0 amide bonds. The van der Waals surface area contributed by atoms with E-state index < -0.39 is 0 Å². The van der Waals surface area contributed by atoms with Gasteiger partial charge in [0.25, 0.3) is 0 Å². The summed E-state index contributed by atoms with van der Waals surface area (Å²) in [6.45, 7) is 2.11. The van der Waals surface area contributed by atoms with Crippen LogP contribution in [0.3, 0.4) is 0 Å². The average Bonchev–Trinajstić information content (AvgIpc) is 1.41. The fourth-order valence-electron chi connectivity index (χ4n) is 0.144. The molecule has 0 N–H and O–H groups in total. The second-order valence-corrected chi connectivity index (χ2v) is 1.06. The van der Waals surface area contributed by atoms with Gasteiger partial charge in [0.05, 0.1) is 0 Å². The summed E-state index contributed by atoms with van der Waals surface area (Å²) in [6, 6.07) is 0. The van der Waals surface area contributed by atoms with Crippen LogP contribution in [0.5, 0.6) is 0 Å². The first-order valence-corrected chi connectivity index (χ1v) is 2.00. The first kappa shape index (κ1) is 15.7. The Morgan fingerprint density at radius 1 is 1.43 bits per heavy atom. The van der Waals surface area contributed by atoms with Gasteiger partial charge in [0.1, 0.15) is 0 Å². The summed E-state index contributed by atoms with van der Waals surface area (Å²) in [6.07, 6.45) is 1.86. The maximum Gasteiger partial charge on any atom is 3.00 e. The van der Waals surface area contributed by atoms with Crippen LogP contribution in [-0.4, -0.2) is 24.0 Å². The van der Waals surface area contributed by atoms with Crippen molar-refractivity contribution in [3.63, 3.8) is 0 Å². The van der Waals surface area contributed by atoms with Crippen LogP contribution < -0.4 is 5.11 Å². The smallest absolute Gasteiger partial charge is 2.00 e. The van der Waals surface area contributed by atoms with Crippen molar-refractivity contribution in [2.24, 2.45) is 0 Å². The van der Waals surface area contributed by atoms with Crippen LogP contribution in [-0.2, 0) is 5.48 Å². The Labute approximate surface area is 55.0 Å². The van der Waals surface area contributed by atoms with Gasteiger partial charge in [-0.15, -0.1) is 6.61 Å². The molecule has 0 atom stereocenters. The van der Waals surface area contributed by atoms with Crippen molar-refractivity contribution in [3.8, 4) is 0 Å². The topological polar surface area (TPSA) is 51.6 Å². The van der Waals surface area contributed by atoms with Crippen molar-refractivity contribution in [2.45, 2.75) is 19.8 Å². The molecule has 0 rings (SSSR count). The Balaban J connectivity index is -0.0000000800. The Hall–Kier alpha value is 0.452. The molecular formula is C4H9AlO2. The van der Waals surface area contributed by atoms with Crippen molar-refractivity contribution in [2.75, 3.05) is 6.61 Å². The molecular weight excluding hydrogens is 107 g/mol. The third kappa shape index (κ3) is 21.3. The molecule has 7 heavy (non-hydrogen) atoms. The van der Waals surface area contributed by atoms with Crippen LogP contribution in [0.15, 0.2) is 0 Å². The number of hydrogen-bond donors (Lipinski definition) is 0. The zero-order chi connectivity index (χ0) is 4.12. The Morgan fingerprint density at radius 2 is 1.86 bits per heavy atom. The van der Waals surface area contributed by atoms with Crippen LogP contribution in [0.25, 0.3) is 0 Å². The van der Waals surface area contributed by atoms with Gasteiger partial charge < -0.3 is 10.6 Å². The summed E-state index contributed by atoms with van der Waals surface area (Å²) >= 11 is 0. The predicted octanol–water partition coefficient (Wildman–Crippen LogP) is -0.353.